The normalized spacial score (nSPS) is 10.6. The summed E-state index contributed by atoms with van der Waals surface area (Å²) < 4.78 is 27.0. The standard InChI is InChI=1S/C24H22N2O6/c1-28-17-8-5-14(6-9-17)24-26-18-13-16(7-10-19(18)32-24)25-23(27)15-11-20(29-2)22(31-4)21(12-15)30-3/h5-13H,1-4H3,(H,25,27). The van der Waals surface area contributed by atoms with Gasteiger partial charge in [0.05, 0.1) is 28.4 Å². The number of benzene rings is 3. The zero-order valence-corrected chi connectivity index (χ0v) is 18.1. The number of aromatic nitrogens is 1. The summed E-state index contributed by atoms with van der Waals surface area (Å²) in [5.74, 6) is 2.11. The lowest BCUT2D eigenvalue weighted by atomic mass is 10.1. The molecular weight excluding hydrogens is 412 g/mol. The summed E-state index contributed by atoms with van der Waals surface area (Å²) in [6, 6.07) is 15.9. The number of nitrogens with one attached hydrogen (secondary N) is 1. The van der Waals surface area contributed by atoms with Gasteiger partial charge in [-0.3, -0.25) is 4.79 Å². The van der Waals surface area contributed by atoms with Crippen LogP contribution in [0.4, 0.5) is 5.69 Å². The summed E-state index contributed by atoms with van der Waals surface area (Å²) in [7, 11) is 6.12. The molecule has 1 aromatic heterocycles. The summed E-state index contributed by atoms with van der Waals surface area (Å²) in [5, 5.41) is 2.87. The average Bonchev–Trinajstić information content (AvgIpc) is 3.26. The Morgan fingerprint density at radius 1 is 0.844 bits per heavy atom. The number of anilines is 1. The van der Waals surface area contributed by atoms with Crippen LogP contribution in [0.2, 0.25) is 0 Å². The van der Waals surface area contributed by atoms with E-state index in [2.05, 4.69) is 10.3 Å². The fourth-order valence-corrected chi connectivity index (χ4v) is 3.28. The highest BCUT2D eigenvalue weighted by molar-refractivity contribution is 6.05. The quantitative estimate of drug-likeness (QED) is 0.447. The Bertz CT molecular complexity index is 1240. The summed E-state index contributed by atoms with van der Waals surface area (Å²) in [4.78, 5) is 17.4. The first-order chi connectivity index (χ1) is 15.6. The molecule has 0 aliphatic heterocycles. The molecular formula is C24H22N2O6. The molecule has 0 saturated heterocycles. The van der Waals surface area contributed by atoms with Crippen LogP contribution in [0.15, 0.2) is 59.0 Å². The van der Waals surface area contributed by atoms with Gasteiger partial charge in [-0.1, -0.05) is 0 Å². The summed E-state index contributed by atoms with van der Waals surface area (Å²) in [6.07, 6.45) is 0. The van der Waals surface area contributed by atoms with Gasteiger partial charge in [0.1, 0.15) is 11.3 Å². The van der Waals surface area contributed by atoms with Crippen LogP contribution < -0.4 is 24.3 Å². The molecule has 3 aromatic carbocycles. The van der Waals surface area contributed by atoms with Gasteiger partial charge in [0.15, 0.2) is 17.1 Å². The minimum Gasteiger partial charge on any atom is -0.497 e. The molecule has 4 aromatic rings. The number of nitrogens with zero attached hydrogens (tertiary/aromatic N) is 1. The third-order valence-electron chi connectivity index (χ3n) is 4.91. The molecule has 0 atom stereocenters. The average molecular weight is 434 g/mol. The maximum Gasteiger partial charge on any atom is 0.255 e. The molecule has 8 nitrogen and oxygen atoms in total. The number of ether oxygens (including phenoxy) is 4. The van der Waals surface area contributed by atoms with Crippen molar-refractivity contribution < 1.29 is 28.2 Å². The topological polar surface area (TPSA) is 92.1 Å². The van der Waals surface area contributed by atoms with Crippen LogP contribution in [-0.4, -0.2) is 39.3 Å². The lowest BCUT2D eigenvalue weighted by Gasteiger charge is -2.14. The highest BCUT2D eigenvalue weighted by Gasteiger charge is 2.17. The van der Waals surface area contributed by atoms with Gasteiger partial charge in [-0.15, -0.1) is 0 Å². The predicted octanol–water partition coefficient (Wildman–Crippen LogP) is 4.78. The summed E-state index contributed by atoms with van der Waals surface area (Å²) >= 11 is 0. The van der Waals surface area contributed by atoms with Crippen LogP contribution in [0.5, 0.6) is 23.0 Å². The zero-order valence-electron chi connectivity index (χ0n) is 18.1. The van der Waals surface area contributed by atoms with Crippen LogP contribution in [0, 0.1) is 0 Å². The molecule has 4 rings (SSSR count). The summed E-state index contributed by atoms with van der Waals surface area (Å²) in [5.41, 5.74) is 3.00. The molecule has 1 amide bonds. The second kappa shape index (κ2) is 8.89. The fraction of sp³-hybridized carbons (Fsp3) is 0.167. The maximum absolute atomic E-state index is 12.9. The summed E-state index contributed by atoms with van der Waals surface area (Å²) in [6.45, 7) is 0. The van der Waals surface area contributed by atoms with E-state index in [1.165, 1.54) is 21.3 Å². The van der Waals surface area contributed by atoms with Crippen LogP contribution >= 0.6 is 0 Å². The number of amides is 1. The molecule has 0 fully saturated rings. The van der Waals surface area contributed by atoms with Crippen molar-refractivity contribution in [1.82, 2.24) is 4.98 Å². The van der Waals surface area contributed by atoms with Crippen molar-refractivity contribution in [2.24, 2.45) is 0 Å². The predicted molar refractivity (Wildman–Crippen MR) is 120 cm³/mol. The van der Waals surface area contributed by atoms with Gasteiger partial charge < -0.3 is 28.7 Å². The van der Waals surface area contributed by atoms with Crippen LogP contribution in [-0.2, 0) is 0 Å². The van der Waals surface area contributed by atoms with Gasteiger partial charge in [-0.25, -0.2) is 4.98 Å². The molecule has 0 saturated carbocycles. The monoisotopic (exact) mass is 434 g/mol. The zero-order chi connectivity index (χ0) is 22.7. The molecule has 0 unspecified atom stereocenters. The van der Waals surface area contributed by atoms with Crippen molar-refractivity contribution >= 4 is 22.7 Å². The minimum absolute atomic E-state index is 0.331. The Morgan fingerprint density at radius 3 is 2.12 bits per heavy atom. The maximum atomic E-state index is 12.9. The number of rotatable bonds is 7. The Hall–Kier alpha value is -4.20. The first kappa shape index (κ1) is 21.0. The molecule has 0 bridgehead atoms. The van der Waals surface area contributed by atoms with E-state index in [0.29, 0.717) is 45.5 Å². The van der Waals surface area contributed by atoms with E-state index in [4.69, 9.17) is 23.4 Å². The fourth-order valence-electron chi connectivity index (χ4n) is 3.28. The molecule has 164 valence electrons. The number of carbonyl (C=O) groups excluding carboxylic acids is 1. The Balaban J connectivity index is 1.59. The third kappa shape index (κ3) is 4.02. The minimum atomic E-state index is -0.331. The lowest BCUT2D eigenvalue weighted by molar-refractivity contribution is 0.102. The van der Waals surface area contributed by atoms with Crippen molar-refractivity contribution in [3.05, 3.63) is 60.2 Å². The molecule has 0 aliphatic rings. The van der Waals surface area contributed by atoms with Gasteiger partial charge in [-0.2, -0.15) is 0 Å². The van der Waals surface area contributed by atoms with Gasteiger partial charge in [0, 0.05) is 16.8 Å². The first-order valence-electron chi connectivity index (χ1n) is 9.72. The van der Waals surface area contributed by atoms with E-state index >= 15 is 0 Å². The lowest BCUT2D eigenvalue weighted by Crippen LogP contribution is -2.12. The first-order valence-corrected chi connectivity index (χ1v) is 9.72. The molecule has 32 heavy (non-hydrogen) atoms. The van der Waals surface area contributed by atoms with E-state index in [1.54, 1.807) is 37.4 Å². The SMILES string of the molecule is COc1ccc(-c2nc3cc(NC(=O)c4cc(OC)c(OC)c(OC)c4)ccc3o2)cc1. The Labute approximate surface area is 184 Å². The van der Waals surface area contributed by atoms with Crippen molar-refractivity contribution in [3.8, 4) is 34.5 Å². The van der Waals surface area contributed by atoms with E-state index in [-0.39, 0.29) is 5.91 Å². The van der Waals surface area contributed by atoms with Gasteiger partial charge in [0.25, 0.3) is 5.91 Å². The van der Waals surface area contributed by atoms with Crippen molar-refractivity contribution in [2.45, 2.75) is 0 Å². The largest absolute Gasteiger partial charge is 0.497 e. The van der Waals surface area contributed by atoms with E-state index < -0.39 is 0 Å². The van der Waals surface area contributed by atoms with Gasteiger partial charge >= 0.3 is 0 Å². The van der Waals surface area contributed by atoms with E-state index in [9.17, 15) is 4.79 Å². The van der Waals surface area contributed by atoms with Gasteiger partial charge in [-0.05, 0) is 54.6 Å². The Morgan fingerprint density at radius 2 is 1.53 bits per heavy atom. The van der Waals surface area contributed by atoms with Gasteiger partial charge in [0.2, 0.25) is 11.6 Å². The molecule has 0 radical (unpaired) electrons. The molecule has 1 N–H and O–H groups in total. The van der Waals surface area contributed by atoms with Crippen molar-refractivity contribution in [2.75, 3.05) is 33.8 Å². The van der Waals surface area contributed by atoms with E-state index in [1.807, 2.05) is 24.3 Å². The van der Waals surface area contributed by atoms with Crippen molar-refractivity contribution in [1.29, 1.82) is 0 Å². The van der Waals surface area contributed by atoms with Crippen LogP contribution in [0.3, 0.4) is 0 Å². The smallest absolute Gasteiger partial charge is 0.255 e. The molecule has 8 heteroatoms. The number of methoxy groups -OCH3 is 4. The second-order valence-electron chi connectivity index (χ2n) is 6.80. The van der Waals surface area contributed by atoms with E-state index in [0.717, 1.165) is 11.3 Å². The number of carbonyl (C=O) groups is 1. The molecule has 0 aliphatic carbocycles. The molecule has 0 spiro atoms. The van der Waals surface area contributed by atoms with Crippen LogP contribution in [0.25, 0.3) is 22.6 Å². The van der Waals surface area contributed by atoms with Crippen molar-refractivity contribution in [3.63, 3.8) is 0 Å². The molecule has 1 heterocycles. The highest BCUT2D eigenvalue weighted by Crippen LogP contribution is 2.38. The second-order valence-corrected chi connectivity index (χ2v) is 6.80. The third-order valence-corrected chi connectivity index (χ3v) is 4.91. The number of hydrogen-bond acceptors (Lipinski definition) is 7. The number of fused-ring (bicyclic) bond motifs is 1. The number of hydrogen-bond donors (Lipinski definition) is 1. The van der Waals surface area contributed by atoms with Crippen LogP contribution in [0.1, 0.15) is 10.4 Å². The number of oxazole rings is 1. The highest BCUT2D eigenvalue weighted by atomic mass is 16.5. The Kier molecular flexibility index (Phi) is 5.85.